The highest BCUT2D eigenvalue weighted by Gasteiger charge is 2.37. The molecule has 0 bridgehead atoms. The van der Waals surface area contributed by atoms with E-state index in [4.69, 9.17) is 11.6 Å². The van der Waals surface area contributed by atoms with Crippen molar-refractivity contribution in [3.63, 3.8) is 0 Å². The lowest BCUT2D eigenvalue weighted by Crippen LogP contribution is -2.08. The number of hydrogen-bond acceptors (Lipinski definition) is 1. The fourth-order valence-corrected chi connectivity index (χ4v) is 1.36. The molecule has 1 rings (SSSR count). The van der Waals surface area contributed by atoms with Crippen LogP contribution in [0.2, 0.25) is 0 Å². The van der Waals surface area contributed by atoms with E-state index in [2.05, 4.69) is 10.2 Å². The molecule has 0 aliphatic carbocycles. The predicted molar refractivity (Wildman–Crippen MR) is 42.5 cm³/mol. The lowest BCUT2D eigenvalue weighted by Gasteiger charge is -2.04. The Labute approximate surface area is 78.1 Å². The van der Waals surface area contributed by atoms with Crippen LogP contribution in [0.3, 0.4) is 0 Å². The van der Waals surface area contributed by atoms with E-state index in [1.807, 2.05) is 0 Å². The molecule has 0 amide bonds. The zero-order valence-electron chi connectivity index (χ0n) is 6.87. The molecule has 1 aromatic rings. The molecule has 0 spiro atoms. The second-order valence-corrected chi connectivity index (χ2v) is 2.78. The van der Waals surface area contributed by atoms with Crippen LogP contribution in [0, 0.1) is 0 Å². The number of aromatic amines is 1. The average Bonchev–Trinajstić information content (AvgIpc) is 2.45. The summed E-state index contributed by atoms with van der Waals surface area (Å²) in [7, 11) is 0. The monoisotopic (exact) mass is 212 g/mol. The van der Waals surface area contributed by atoms with Gasteiger partial charge in [-0.2, -0.15) is 18.3 Å². The second kappa shape index (κ2) is 3.57. The summed E-state index contributed by atoms with van der Waals surface area (Å²) in [4.78, 5) is 0. The Hall–Kier alpha value is -0.710. The number of rotatable bonds is 2. The minimum Gasteiger partial charge on any atom is -0.282 e. The van der Waals surface area contributed by atoms with E-state index in [1.54, 1.807) is 6.92 Å². The quantitative estimate of drug-likeness (QED) is 0.751. The first kappa shape index (κ1) is 10.4. The summed E-state index contributed by atoms with van der Waals surface area (Å²) in [6, 6.07) is 0. The summed E-state index contributed by atoms with van der Waals surface area (Å²) in [6.45, 7) is 1.74. The third-order valence-corrected chi connectivity index (χ3v) is 1.98. The Kier molecular flexibility index (Phi) is 2.85. The molecule has 0 unspecified atom stereocenters. The van der Waals surface area contributed by atoms with Crippen molar-refractivity contribution in [2.75, 3.05) is 0 Å². The molecule has 0 saturated heterocycles. The summed E-state index contributed by atoms with van der Waals surface area (Å²) in [6.07, 6.45) is -3.96. The van der Waals surface area contributed by atoms with E-state index in [1.165, 1.54) is 0 Å². The molecule has 13 heavy (non-hydrogen) atoms. The fourth-order valence-electron chi connectivity index (χ4n) is 1.07. The van der Waals surface area contributed by atoms with Crippen LogP contribution in [0.25, 0.3) is 0 Å². The highest BCUT2D eigenvalue weighted by molar-refractivity contribution is 6.17. The predicted octanol–water partition coefficient (Wildman–Crippen LogP) is 2.73. The maximum absolute atomic E-state index is 12.2. The smallest absolute Gasteiger partial charge is 0.282 e. The van der Waals surface area contributed by atoms with Gasteiger partial charge in [-0.1, -0.05) is 6.92 Å². The number of aromatic nitrogens is 2. The molecule has 74 valence electrons. The van der Waals surface area contributed by atoms with Crippen LogP contribution in [0.15, 0.2) is 0 Å². The molecule has 1 heterocycles. The molecule has 6 heteroatoms. The summed E-state index contributed by atoms with van der Waals surface area (Å²) in [5, 5.41) is 5.52. The summed E-state index contributed by atoms with van der Waals surface area (Å²) in [5.74, 6) is -0.172. The van der Waals surface area contributed by atoms with Gasteiger partial charge in [-0.05, 0) is 6.42 Å². The summed E-state index contributed by atoms with van der Waals surface area (Å²) >= 11 is 5.40. The first-order valence-corrected chi connectivity index (χ1v) is 4.23. The van der Waals surface area contributed by atoms with Gasteiger partial charge >= 0.3 is 6.18 Å². The highest BCUT2D eigenvalue weighted by atomic mass is 35.5. The zero-order chi connectivity index (χ0) is 10.1. The van der Waals surface area contributed by atoms with Gasteiger partial charge in [-0.15, -0.1) is 11.6 Å². The molecule has 0 aliphatic heterocycles. The lowest BCUT2D eigenvalue weighted by atomic mass is 10.1. The maximum atomic E-state index is 12.2. The van der Waals surface area contributed by atoms with Crippen molar-refractivity contribution < 1.29 is 13.2 Å². The molecule has 0 radical (unpaired) electrons. The number of H-pyrrole nitrogens is 1. The number of nitrogens with zero attached hydrogens (tertiary/aromatic N) is 1. The van der Waals surface area contributed by atoms with Crippen LogP contribution in [-0.2, 0) is 18.5 Å². The zero-order valence-corrected chi connectivity index (χ0v) is 7.63. The van der Waals surface area contributed by atoms with Gasteiger partial charge in [-0.3, -0.25) is 5.10 Å². The maximum Gasteiger partial charge on any atom is 0.435 e. The van der Waals surface area contributed by atoms with Crippen molar-refractivity contribution in [2.45, 2.75) is 25.4 Å². The normalized spacial score (nSPS) is 12.1. The lowest BCUT2D eigenvalue weighted by molar-refractivity contribution is -0.141. The Balaban J connectivity index is 3.16. The van der Waals surface area contributed by atoms with E-state index in [0.29, 0.717) is 12.1 Å². The first-order chi connectivity index (χ1) is 6.00. The highest BCUT2D eigenvalue weighted by Crippen LogP contribution is 2.32. The van der Waals surface area contributed by atoms with E-state index in [-0.39, 0.29) is 11.4 Å². The van der Waals surface area contributed by atoms with Gasteiger partial charge in [0.1, 0.15) is 0 Å². The minimum absolute atomic E-state index is 0.0525. The molecule has 0 fully saturated rings. The van der Waals surface area contributed by atoms with Crippen molar-refractivity contribution in [3.05, 3.63) is 17.0 Å². The van der Waals surface area contributed by atoms with Crippen LogP contribution in [0.1, 0.15) is 23.9 Å². The van der Waals surface area contributed by atoms with Gasteiger partial charge in [0.25, 0.3) is 0 Å². The standard InChI is InChI=1S/C7H8ClF3N2/c1-2-5-4(3-8)6(13-12-5)7(9,10)11/h2-3H2,1H3,(H,12,13). The average molecular weight is 213 g/mol. The van der Waals surface area contributed by atoms with Gasteiger partial charge < -0.3 is 0 Å². The topological polar surface area (TPSA) is 28.7 Å². The van der Waals surface area contributed by atoms with Gasteiger partial charge in [0.2, 0.25) is 0 Å². The molecule has 0 aliphatic rings. The molecule has 0 aromatic carbocycles. The third kappa shape index (κ3) is 1.96. The molecule has 0 atom stereocenters. The van der Waals surface area contributed by atoms with Gasteiger partial charge in [0, 0.05) is 11.3 Å². The Morgan fingerprint density at radius 1 is 1.46 bits per heavy atom. The van der Waals surface area contributed by atoms with Crippen molar-refractivity contribution in [2.24, 2.45) is 0 Å². The van der Waals surface area contributed by atoms with Crippen molar-refractivity contribution in [1.29, 1.82) is 0 Å². The molecule has 0 saturated carbocycles. The number of hydrogen-bond donors (Lipinski definition) is 1. The van der Waals surface area contributed by atoms with Crippen LogP contribution >= 0.6 is 11.6 Å². The first-order valence-electron chi connectivity index (χ1n) is 3.70. The Morgan fingerprint density at radius 2 is 2.08 bits per heavy atom. The molecule has 1 aromatic heterocycles. The summed E-state index contributed by atoms with van der Waals surface area (Å²) in [5.41, 5.74) is -0.404. The van der Waals surface area contributed by atoms with Gasteiger partial charge in [0.15, 0.2) is 5.69 Å². The fraction of sp³-hybridized carbons (Fsp3) is 0.571. The largest absolute Gasteiger partial charge is 0.435 e. The SMILES string of the molecule is CCc1[nH]nc(C(F)(F)F)c1CCl. The summed E-state index contributed by atoms with van der Waals surface area (Å²) < 4.78 is 36.7. The van der Waals surface area contributed by atoms with E-state index < -0.39 is 11.9 Å². The van der Waals surface area contributed by atoms with E-state index >= 15 is 0 Å². The minimum atomic E-state index is -4.42. The van der Waals surface area contributed by atoms with Crippen LogP contribution in [0.5, 0.6) is 0 Å². The van der Waals surface area contributed by atoms with E-state index in [0.717, 1.165) is 0 Å². The Morgan fingerprint density at radius 3 is 2.46 bits per heavy atom. The molecule has 2 nitrogen and oxygen atoms in total. The molecular formula is C7H8ClF3N2. The molecular weight excluding hydrogens is 205 g/mol. The van der Waals surface area contributed by atoms with Crippen molar-refractivity contribution >= 4 is 11.6 Å². The van der Waals surface area contributed by atoms with Crippen LogP contribution < -0.4 is 0 Å². The van der Waals surface area contributed by atoms with E-state index in [9.17, 15) is 13.2 Å². The molecule has 1 N–H and O–H groups in total. The van der Waals surface area contributed by atoms with Gasteiger partial charge in [0.05, 0.1) is 5.88 Å². The van der Waals surface area contributed by atoms with Crippen LogP contribution in [0.4, 0.5) is 13.2 Å². The second-order valence-electron chi connectivity index (χ2n) is 2.51. The Bertz CT molecular complexity index is 292. The van der Waals surface area contributed by atoms with Crippen molar-refractivity contribution in [1.82, 2.24) is 10.2 Å². The third-order valence-electron chi connectivity index (χ3n) is 1.71. The number of halogens is 4. The van der Waals surface area contributed by atoms with Crippen molar-refractivity contribution in [3.8, 4) is 0 Å². The number of alkyl halides is 4. The number of nitrogens with one attached hydrogen (secondary N) is 1. The van der Waals surface area contributed by atoms with Gasteiger partial charge in [-0.25, -0.2) is 0 Å². The number of aryl methyl sites for hydroxylation is 1. The van der Waals surface area contributed by atoms with Crippen LogP contribution in [-0.4, -0.2) is 10.2 Å².